The molecule has 1 atom stereocenters. The van der Waals surface area contributed by atoms with Gasteiger partial charge in [-0.15, -0.1) is 11.3 Å². The average molecular weight is 380 g/mol. The molecule has 1 fully saturated rings. The van der Waals surface area contributed by atoms with E-state index in [4.69, 9.17) is 21.1 Å². The molecule has 1 unspecified atom stereocenters. The maximum atomic E-state index is 12.7. The zero-order valence-electron chi connectivity index (χ0n) is 14.2. The van der Waals surface area contributed by atoms with Gasteiger partial charge < -0.3 is 14.4 Å². The summed E-state index contributed by atoms with van der Waals surface area (Å²) in [6.07, 6.45) is 2.19. The lowest BCUT2D eigenvalue weighted by atomic mass is 10.2. The van der Waals surface area contributed by atoms with Crippen molar-refractivity contribution in [3.8, 4) is 5.75 Å². The van der Waals surface area contributed by atoms with Crippen LogP contribution in [0.25, 0.3) is 0 Å². The molecule has 1 aromatic carbocycles. The van der Waals surface area contributed by atoms with Crippen molar-refractivity contribution in [3.63, 3.8) is 0 Å². The Bertz CT molecular complexity index is 695. The van der Waals surface area contributed by atoms with E-state index in [-0.39, 0.29) is 18.6 Å². The maximum absolute atomic E-state index is 12.7. The first-order valence-corrected chi connectivity index (χ1v) is 9.68. The summed E-state index contributed by atoms with van der Waals surface area (Å²) < 4.78 is 11.3. The number of hydrogen-bond acceptors (Lipinski definition) is 4. The van der Waals surface area contributed by atoms with Crippen LogP contribution >= 0.6 is 22.9 Å². The summed E-state index contributed by atoms with van der Waals surface area (Å²) >= 11 is 7.55. The molecule has 6 heteroatoms. The topological polar surface area (TPSA) is 38.8 Å². The van der Waals surface area contributed by atoms with E-state index in [1.165, 1.54) is 10.4 Å². The first-order chi connectivity index (χ1) is 12.1. The molecule has 0 saturated carbocycles. The minimum atomic E-state index is -0.0294. The predicted molar refractivity (Wildman–Crippen MR) is 100 cm³/mol. The van der Waals surface area contributed by atoms with E-state index in [0.29, 0.717) is 23.9 Å². The van der Waals surface area contributed by atoms with Gasteiger partial charge in [-0.25, -0.2) is 0 Å². The Morgan fingerprint density at radius 3 is 2.80 bits per heavy atom. The molecule has 0 N–H and O–H groups in total. The Labute approximate surface area is 157 Å². The second kappa shape index (κ2) is 8.70. The fourth-order valence-electron chi connectivity index (χ4n) is 2.80. The van der Waals surface area contributed by atoms with Crippen LogP contribution in [0.4, 0.5) is 0 Å². The Kier molecular flexibility index (Phi) is 6.34. The number of hydrogen-bond donors (Lipinski definition) is 0. The lowest BCUT2D eigenvalue weighted by Gasteiger charge is -2.25. The standard InChI is InChI=1S/C19H22ClNO3S/c1-14-8-10-25-18(14)12-21(11-17-3-2-9-23-17)19(22)13-24-16-6-4-15(20)5-7-16/h4-8,10,17H,2-3,9,11-13H2,1H3. The monoisotopic (exact) mass is 379 g/mol. The van der Waals surface area contributed by atoms with Crippen molar-refractivity contribution < 1.29 is 14.3 Å². The predicted octanol–water partition coefficient (Wildman–Crippen LogP) is 4.30. The number of aryl methyl sites for hydroxylation is 1. The highest BCUT2D eigenvalue weighted by Gasteiger charge is 2.23. The number of nitrogens with zero attached hydrogens (tertiary/aromatic N) is 1. The summed E-state index contributed by atoms with van der Waals surface area (Å²) in [5, 5.41) is 2.70. The third-order valence-corrected chi connectivity index (χ3v) is 5.54. The summed E-state index contributed by atoms with van der Waals surface area (Å²) in [5.74, 6) is 0.611. The fourth-order valence-corrected chi connectivity index (χ4v) is 3.84. The van der Waals surface area contributed by atoms with Crippen LogP contribution in [0, 0.1) is 6.92 Å². The van der Waals surface area contributed by atoms with Crippen molar-refractivity contribution >= 4 is 28.8 Å². The second-order valence-corrected chi connectivity index (χ2v) is 7.62. The number of rotatable bonds is 7. The molecule has 0 aliphatic carbocycles. The van der Waals surface area contributed by atoms with Crippen molar-refractivity contribution in [3.05, 3.63) is 51.2 Å². The first-order valence-electron chi connectivity index (χ1n) is 8.42. The van der Waals surface area contributed by atoms with E-state index in [1.807, 2.05) is 4.90 Å². The molecular formula is C19H22ClNO3S. The third kappa shape index (κ3) is 5.21. The number of thiophene rings is 1. The SMILES string of the molecule is Cc1ccsc1CN(CC1CCCO1)C(=O)COc1ccc(Cl)cc1. The zero-order chi connectivity index (χ0) is 17.6. The van der Waals surface area contributed by atoms with E-state index >= 15 is 0 Å². The highest BCUT2D eigenvalue weighted by molar-refractivity contribution is 7.10. The minimum Gasteiger partial charge on any atom is -0.484 e. The van der Waals surface area contributed by atoms with Crippen LogP contribution in [0.1, 0.15) is 23.3 Å². The Morgan fingerprint density at radius 1 is 1.36 bits per heavy atom. The van der Waals surface area contributed by atoms with Crippen molar-refractivity contribution in [2.24, 2.45) is 0 Å². The molecule has 2 heterocycles. The molecule has 25 heavy (non-hydrogen) atoms. The van der Waals surface area contributed by atoms with Crippen molar-refractivity contribution in [1.82, 2.24) is 4.90 Å². The molecule has 4 nitrogen and oxygen atoms in total. The number of amides is 1. The Hall–Kier alpha value is -1.56. The summed E-state index contributed by atoms with van der Waals surface area (Å²) in [7, 11) is 0. The van der Waals surface area contributed by atoms with Crippen LogP contribution < -0.4 is 4.74 Å². The zero-order valence-corrected chi connectivity index (χ0v) is 15.8. The highest BCUT2D eigenvalue weighted by Crippen LogP contribution is 2.21. The van der Waals surface area contributed by atoms with Crippen molar-refractivity contribution in [2.45, 2.75) is 32.4 Å². The second-order valence-electron chi connectivity index (χ2n) is 6.18. The molecule has 1 amide bonds. The molecule has 1 saturated heterocycles. The van der Waals surface area contributed by atoms with Gasteiger partial charge in [0.2, 0.25) is 0 Å². The van der Waals surface area contributed by atoms with Crippen LogP contribution in [0.5, 0.6) is 5.75 Å². The fraction of sp³-hybridized carbons (Fsp3) is 0.421. The van der Waals surface area contributed by atoms with Crippen LogP contribution in [0.15, 0.2) is 35.7 Å². The third-order valence-electron chi connectivity index (χ3n) is 4.28. The van der Waals surface area contributed by atoms with E-state index in [2.05, 4.69) is 18.4 Å². The van der Waals surface area contributed by atoms with E-state index < -0.39 is 0 Å². The Balaban J connectivity index is 1.63. The van der Waals surface area contributed by atoms with Gasteiger partial charge in [-0.05, 0) is 61.0 Å². The molecule has 3 rings (SSSR count). The lowest BCUT2D eigenvalue weighted by molar-refractivity contribution is -0.135. The molecule has 0 spiro atoms. The number of carbonyl (C=O) groups is 1. The van der Waals surface area contributed by atoms with Crippen LogP contribution in [-0.2, 0) is 16.1 Å². The highest BCUT2D eigenvalue weighted by atomic mass is 35.5. The van der Waals surface area contributed by atoms with Crippen LogP contribution in [0.2, 0.25) is 5.02 Å². The maximum Gasteiger partial charge on any atom is 0.260 e. The van der Waals surface area contributed by atoms with Gasteiger partial charge in [0, 0.05) is 23.1 Å². The van der Waals surface area contributed by atoms with Gasteiger partial charge in [0.1, 0.15) is 5.75 Å². The van der Waals surface area contributed by atoms with Crippen LogP contribution in [0.3, 0.4) is 0 Å². The van der Waals surface area contributed by atoms with Gasteiger partial charge in [-0.2, -0.15) is 0 Å². The summed E-state index contributed by atoms with van der Waals surface area (Å²) in [6.45, 7) is 4.09. The molecule has 0 bridgehead atoms. The molecule has 0 radical (unpaired) electrons. The van der Waals surface area contributed by atoms with E-state index in [9.17, 15) is 4.79 Å². The van der Waals surface area contributed by atoms with Crippen molar-refractivity contribution in [2.75, 3.05) is 19.8 Å². The molecule has 1 aliphatic rings. The number of ether oxygens (including phenoxy) is 2. The molecule has 134 valence electrons. The van der Waals surface area contributed by atoms with E-state index in [1.54, 1.807) is 35.6 Å². The lowest BCUT2D eigenvalue weighted by Crippen LogP contribution is -2.39. The Morgan fingerprint density at radius 2 is 2.16 bits per heavy atom. The summed E-state index contributed by atoms with van der Waals surface area (Å²) in [4.78, 5) is 15.8. The van der Waals surface area contributed by atoms with Crippen molar-refractivity contribution in [1.29, 1.82) is 0 Å². The molecular weight excluding hydrogens is 358 g/mol. The largest absolute Gasteiger partial charge is 0.484 e. The number of halogens is 1. The first kappa shape index (κ1) is 18.2. The van der Waals surface area contributed by atoms with Gasteiger partial charge in [0.15, 0.2) is 6.61 Å². The van der Waals surface area contributed by atoms with Gasteiger partial charge in [0.05, 0.1) is 12.6 Å². The number of benzene rings is 1. The van der Waals surface area contributed by atoms with Gasteiger partial charge >= 0.3 is 0 Å². The van der Waals surface area contributed by atoms with Gasteiger partial charge in [-0.1, -0.05) is 11.6 Å². The molecule has 1 aromatic heterocycles. The van der Waals surface area contributed by atoms with Gasteiger partial charge in [0.25, 0.3) is 5.91 Å². The van der Waals surface area contributed by atoms with Gasteiger partial charge in [-0.3, -0.25) is 4.79 Å². The number of carbonyl (C=O) groups excluding carboxylic acids is 1. The molecule has 2 aromatic rings. The average Bonchev–Trinajstić information content (AvgIpc) is 3.26. The van der Waals surface area contributed by atoms with E-state index in [0.717, 1.165) is 19.4 Å². The normalized spacial score (nSPS) is 16.8. The summed E-state index contributed by atoms with van der Waals surface area (Å²) in [5.41, 5.74) is 1.22. The quantitative estimate of drug-likeness (QED) is 0.720. The van der Waals surface area contributed by atoms with Crippen LogP contribution in [-0.4, -0.2) is 36.7 Å². The smallest absolute Gasteiger partial charge is 0.260 e. The minimum absolute atomic E-state index is 0.0127. The molecule has 1 aliphatic heterocycles. The summed E-state index contributed by atoms with van der Waals surface area (Å²) in [6, 6.07) is 9.12.